The van der Waals surface area contributed by atoms with Crippen molar-refractivity contribution in [1.82, 2.24) is 4.90 Å². The largest absolute Gasteiger partial charge is 0.303 e. The van der Waals surface area contributed by atoms with Crippen LogP contribution in [0.4, 0.5) is 0 Å². The highest BCUT2D eigenvalue weighted by molar-refractivity contribution is 9.10. The van der Waals surface area contributed by atoms with Crippen LogP contribution in [0.2, 0.25) is 0 Å². The first-order valence-electron chi connectivity index (χ1n) is 6.10. The lowest BCUT2D eigenvalue weighted by atomic mass is 9.74. The molecule has 1 fully saturated rings. The van der Waals surface area contributed by atoms with E-state index in [4.69, 9.17) is 0 Å². The van der Waals surface area contributed by atoms with Gasteiger partial charge in [0, 0.05) is 4.47 Å². The van der Waals surface area contributed by atoms with Crippen LogP contribution in [0.3, 0.4) is 0 Å². The lowest BCUT2D eigenvalue weighted by Crippen LogP contribution is -2.41. The van der Waals surface area contributed by atoms with Crippen molar-refractivity contribution < 1.29 is 0 Å². The van der Waals surface area contributed by atoms with E-state index in [0.717, 1.165) is 36.9 Å². The van der Waals surface area contributed by atoms with Gasteiger partial charge in [0.25, 0.3) is 0 Å². The molecule has 0 N–H and O–H groups in total. The molecule has 1 aliphatic rings. The van der Waals surface area contributed by atoms with Crippen molar-refractivity contribution in [3.05, 3.63) is 34.3 Å². The van der Waals surface area contributed by atoms with E-state index in [-0.39, 0.29) is 5.41 Å². The normalized spacial score (nSPS) is 19.8. The molecule has 1 aromatic carbocycles. The summed E-state index contributed by atoms with van der Waals surface area (Å²) in [6.45, 7) is 5.32. The number of benzene rings is 1. The monoisotopic (exact) mass is 292 g/mol. The molecule has 1 aromatic rings. The molecule has 0 amide bonds. The zero-order chi connectivity index (χ0) is 12.3. The van der Waals surface area contributed by atoms with Crippen molar-refractivity contribution in [2.24, 2.45) is 0 Å². The molecule has 0 aromatic heterocycles. The maximum absolute atomic E-state index is 9.54. The Morgan fingerprint density at radius 2 is 1.88 bits per heavy atom. The van der Waals surface area contributed by atoms with E-state index >= 15 is 0 Å². The van der Waals surface area contributed by atoms with Gasteiger partial charge in [-0.15, -0.1) is 0 Å². The fourth-order valence-electron chi connectivity index (χ4n) is 2.48. The van der Waals surface area contributed by atoms with Crippen molar-refractivity contribution in [3.8, 4) is 6.07 Å². The van der Waals surface area contributed by atoms with Gasteiger partial charge in [-0.25, -0.2) is 0 Å². The van der Waals surface area contributed by atoms with Crippen LogP contribution in [0.25, 0.3) is 0 Å². The molecule has 0 unspecified atom stereocenters. The van der Waals surface area contributed by atoms with Crippen molar-refractivity contribution in [2.75, 3.05) is 19.6 Å². The molecule has 1 saturated heterocycles. The van der Waals surface area contributed by atoms with E-state index in [2.05, 4.69) is 46.0 Å². The fraction of sp³-hybridized carbons (Fsp3) is 0.500. The number of halogens is 1. The highest BCUT2D eigenvalue weighted by Crippen LogP contribution is 2.35. The van der Waals surface area contributed by atoms with Gasteiger partial charge >= 0.3 is 0 Å². The summed E-state index contributed by atoms with van der Waals surface area (Å²) < 4.78 is 1.07. The number of hydrogen-bond acceptors (Lipinski definition) is 2. The number of nitriles is 1. The van der Waals surface area contributed by atoms with Crippen LogP contribution in [0, 0.1) is 11.3 Å². The molecular weight excluding hydrogens is 276 g/mol. The minimum atomic E-state index is -0.271. The van der Waals surface area contributed by atoms with Gasteiger partial charge in [0.1, 0.15) is 0 Å². The number of hydrogen-bond donors (Lipinski definition) is 0. The molecule has 2 nitrogen and oxygen atoms in total. The van der Waals surface area contributed by atoms with Crippen LogP contribution in [0.1, 0.15) is 25.3 Å². The zero-order valence-electron chi connectivity index (χ0n) is 10.1. The SMILES string of the molecule is CCN1CCC(C#N)(c2ccc(Br)cc2)CC1. The number of rotatable bonds is 2. The van der Waals surface area contributed by atoms with Crippen LogP contribution in [0.15, 0.2) is 28.7 Å². The summed E-state index contributed by atoms with van der Waals surface area (Å²) in [5.41, 5.74) is 0.894. The number of nitrogens with zero attached hydrogens (tertiary/aromatic N) is 2. The Kier molecular flexibility index (Phi) is 3.86. The van der Waals surface area contributed by atoms with Crippen LogP contribution in [-0.4, -0.2) is 24.5 Å². The first-order chi connectivity index (χ1) is 8.20. The standard InChI is InChI=1S/C14H17BrN2/c1-2-17-9-7-14(11-16,8-10-17)12-3-5-13(15)6-4-12/h3-6H,2,7-10H2,1H3. The Morgan fingerprint density at radius 1 is 1.29 bits per heavy atom. The molecule has 0 spiro atoms. The fourth-order valence-corrected chi connectivity index (χ4v) is 2.75. The second-order valence-corrected chi connectivity index (χ2v) is 5.55. The summed E-state index contributed by atoms with van der Waals surface area (Å²) in [5, 5.41) is 9.54. The van der Waals surface area contributed by atoms with Crippen molar-refractivity contribution in [2.45, 2.75) is 25.2 Å². The number of piperidine rings is 1. The molecule has 3 heteroatoms. The first kappa shape index (κ1) is 12.6. The van der Waals surface area contributed by atoms with E-state index in [0.29, 0.717) is 0 Å². The topological polar surface area (TPSA) is 27.0 Å². The van der Waals surface area contributed by atoms with Crippen LogP contribution < -0.4 is 0 Å². The van der Waals surface area contributed by atoms with Crippen molar-refractivity contribution >= 4 is 15.9 Å². The molecule has 2 rings (SSSR count). The lowest BCUT2D eigenvalue weighted by Gasteiger charge is -2.37. The molecule has 0 radical (unpaired) electrons. The second-order valence-electron chi connectivity index (χ2n) is 4.64. The minimum absolute atomic E-state index is 0.271. The van der Waals surface area contributed by atoms with Gasteiger partial charge in [-0.05, 0) is 50.2 Å². The van der Waals surface area contributed by atoms with Gasteiger partial charge in [0.15, 0.2) is 0 Å². The maximum Gasteiger partial charge on any atom is 0.0846 e. The second kappa shape index (κ2) is 5.20. The average molecular weight is 293 g/mol. The lowest BCUT2D eigenvalue weighted by molar-refractivity contribution is 0.194. The Labute approximate surface area is 111 Å². The summed E-state index contributed by atoms with van der Waals surface area (Å²) in [6, 6.07) is 10.8. The minimum Gasteiger partial charge on any atom is -0.303 e. The van der Waals surface area contributed by atoms with Crippen molar-refractivity contribution in [1.29, 1.82) is 5.26 Å². The third-order valence-corrected chi connectivity index (χ3v) is 4.30. The third-order valence-electron chi connectivity index (χ3n) is 3.77. The van der Waals surface area contributed by atoms with E-state index < -0.39 is 0 Å². The molecule has 0 atom stereocenters. The van der Waals surface area contributed by atoms with E-state index in [1.165, 1.54) is 5.56 Å². The Morgan fingerprint density at radius 3 is 2.35 bits per heavy atom. The summed E-state index contributed by atoms with van der Waals surface area (Å²) in [4.78, 5) is 2.41. The molecule has 0 aliphatic carbocycles. The highest BCUT2D eigenvalue weighted by Gasteiger charge is 2.35. The smallest absolute Gasteiger partial charge is 0.0846 e. The van der Waals surface area contributed by atoms with Crippen LogP contribution in [-0.2, 0) is 5.41 Å². The van der Waals surface area contributed by atoms with Crippen LogP contribution >= 0.6 is 15.9 Å². The Balaban J connectivity index is 2.22. The molecule has 0 bridgehead atoms. The average Bonchev–Trinajstić information content (AvgIpc) is 2.40. The summed E-state index contributed by atoms with van der Waals surface area (Å²) >= 11 is 3.44. The Hall–Kier alpha value is -0.850. The molecule has 17 heavy (non-hydrogen) atoms. The summed E-state index contributed by atoms with van der Waals surface area (Å²) in [6.07, 6.45) is 1.89. The third kappa shape index (κ3) is 2.53. The van der Waals surface area contributed by atoms with Gasteiger partial charge < -0.3 is 4.90 Å². The van der Waals surface area contributed by atoms with Gasteiger partial charge in [-0.3, -0.25) is 0 Å². The molecule has 0 saturated carbocycles. The molecule has 90 valence electrons. The summed E-state index contributed by atoms with van der Waals surface area (Å²) in [5.74, 6) is 0. The van der Waals surface area contributed by atoms with Crippen LogP contribution in [0.5, 0.6) is 0 Å². The first-order valence-corrected chi connectivity index (χ1v) is 6.89. The van der Waals surface area contributed by atoms with Gasteiger partial charge in [0.05, 0.1) is 11.5 Å². The molecule has 1 heterocycles. The van der Waals surface area contributed by atoms with Gasteiger partial charge in [-0.1, -0.05) is 35.0 Å². The van der Waals surface area contributed by atoms with Crippen molar-refractivity contribution in [3.63, 3.8) is 0 Å². The highest BCUT2D eigenvalue weighted by atomic mass is 79.9. The maximum atomic E-state index is 9.54. The molecular formula is C14H17BrN2. The predicted molar refractivity (Wildman–Crippen MR) is 72.8 cm³/mol. The Bertz CT molecular complexity index is 411. The molecule has 1 aliphatic heterocycles. The van der Waals surface area contributed by atoms with Gasteiger partial charge in [-0.2, -0.15) is 5.26 Å². The summed E-state index contributed by atoms with van der Waals surface area (Å²) in [7, 11) is 0. The predicted octanol–water partition coefficient (Wildman–Crippen LogP) is 3.33. The van der Waals surface area contributed by atoms with Gasteiger partial charge in [0.2, 0.25) is 0 Å². The van der Waals surface area contributed by atoms with E-state index in [1.54, 1.807) is 0 Å². The number of likely N-dealkylation sites (tertiary alicyclic amines) is 1. The van der Waals surface area contributed by atoms with E-state index in [1.807, 2.05) is 12.1 Å². The van der Waals surface area contributed by atoms with E-state index in [9.17, 15) is 5.26 Å². The zero-order valence-corrected chi connectivity index (χ0v) is 11.7. The quantitative estimate of drug-likeness (QED) is 0.836.